The largest absolute Gasteiger partial charge is 0.389 e. The summed E-state index contributed by atoms with van der Waals surface area (Å²) in [5.41, 5.74) is 0.985. The van der Waals surface area contributed by atoms with Crippen molar-refractivity contribution in [1.82, 2.24) is 13.6 Å². The Bertz CT molecular complexity index is 422. The van der Waals surface area contributed by atoms with Crippen LogP contribution in [0.1, 0.15) is 37.3 Å². The van der Waals surface area contributed by atoms with Gasteiger partial charge in [0.25, 0.3) is 0 Å². The number of hydrogen-bond acceptors (Lipinski definition) is 5. The van der Waals surface area contributed by atoms with Gasteiger partial charge in [0.1, 0.15) is 5.03 Å². The van der Waals surface area contributed by atoms with E-state index in [-0.39, 0.29) is 6.42 Å². The van der Waals surface area contributed by atoms with Gasteiger partial charge in [0.2, 0.25) is 0 Å². The molecule has 0 aromatic carbocycles. The first kappa shape index (κ1) is 16.0. The van der Waals surface area contributed by atoms with Crippen LogP contribution in [0.5, 0.6) is 0 Å². The van der Waals surface area contributed by atoms with Crippen molar-refractivity contribution in [1.29, 1.82) is 0 Å². The number of thioether (sulfide) groups is 1. The molecule has 1 fully saturated rings. The van der Waals surface area contributed by atoms with Crippen molar-refractivity contribution in [2.75, 3.05) is 25.9 Å². The van der Waals surface area contributed by atoms with Crippen LogP contribution in [0.15, 0.2) is 5.03 Å². The van der Waals surface area contributed by atoms with Crippen LogP contribution in [0.3, 0.4) is 0 Å². The fourth-order valence-corrected chi connectivity index (χ4v) is 4.11. The Morgan fingerprint density at radius 3 is 2.90 bits per heavy atom. The molecule has 3 nitrogen and oxygen atoms in total. The van der Waals surface area contributed by atoms with Gasteiger partial charge >= 0.3 is 6.18 Å². The molecule has 0 aliphatic carbocycles. The SMILES string of the molecule is CN1CCCC(c2nsnc2SCCCC(F)(F)F)C1. The second-order valence-electron chi connectivity index (χ2n) is 5.12. The summed E-state index contributed by atoms with van der Waals surface area (Å²) in [7, 11) is 2.09. The van der Waals surface area contributed by atoms with Crippen molar-refractivity contribution < 1.29 is 13.2 Å². The van der Waals surface area contributed by atoms with E-state index in [4.69, 9.17) is 0 Å². The number of hydrogen-bond donors (Lipinski definition) is 0. The van der Waals surface area contributed by atoms with Gasteiger partial charge in [-0.2, -0.15) is 21.9 Å². The highest BCUT2D eigenvalue weighted by Gasteiger charge is 2.27. The van der Waals surface area contributed by atoms with E-state index in [1.54, 1.807) is 0 Å². The van der Waals surface area contributed by atoms with Crippen LogP contribution in [0.2, 0.25) is 0 Å². The van der Waals surface area contributed by atoms with Crippen LogP contribution in [0.4, 0.5) is 13.2 Å². The maximum atomic E-state index is 12.1. The summed E-state index contributed by atoms with van der Waals surface area (Å²) in [4.78, 5) is 2.27. The standard InChI is InChI=1S/C12H18F3N3S2/c1-18-6-2-4-9(8-18)10-11(17-20-16-10)19-7-3-5-12(13,14)15/h9H,2-8H2,1H3. The Balaban J connectivity index is 1.85. The second kappa shape index (κ2) is 7.09. The van der Waals surface area contributed by atoms with Crippen molar-refractivity contribution >= 4 is 23.5 Å². The molecule has 20 heavy (non-hydrogen) atoms. The molecule has 2 heterocycles. The number of nitrogens with zero attached hydrogens (tertiary/aromatic N) is 3. The topological polar surface area (TPSA) is 29.0 Å². The normalized spacial score (nSPS) is 21.3. The quantitative estimate of drug-likeness (QED) is 0.608. The van der Waals surface area contributed by atoms with Crippen molar-refractivity contribution in [3.63, 3.8) is 0 Å². The smallest absolute Gasteiger partial charge is 0.306 e. The Morgan fingerprint density at radius 1 is 1.40 bits per heavy atom. The van der Waals surface area contributed by atoms with Gasteiger partial charge in [-0.05, 0) is 38.6 Å². The van der Waals surface area contributed by atoms with E-state index in [1.807, 2.05) is 0 Å². The second-order valence-corrected chi connectivity index (χ2v) is 6.74. The molecule has 1 aliphatic rings. The number of rotatable bonds is 5. The number of halogens is 3. The number of likely N-dealkylation sites (N-methyl/N-ethyl adjacent to an activating group) is 1. The fraction of sp³-hybridized carbons (Fsp3) is 0.833. The van der Waals surface area contributed by atoms with Gasteiger partial charge in [-0.15, -0.1) is 11.8 Å². The Kier molecular flexibility index (Phi) is 5.68. The summed E-state index contributed by atoms with van der Waals surface area (Å²) in [6.45, 7) is 2.06. The van der Waals surface area contributed by atoms with Crippen LogP contribution in [0, 0.1) is 0 Å². The minimum Gasteiger partial charge on any atom is -0.306 e. The molecule has 1 atom stereocenters. The fourth-order valence-electron chi connectivity index (χ4n) is 2.37. The summed E-state index contributed by atoms with van der Waals surface area (Å²) >= 11 is 2.57. The maximum Gasteiger partial charge on any atom is 0.389 e. The van der Waals surface area contributed by atoms with E-state index in [0.717, 1.165) is 48.4 Å². The molecule has 8 heteroatoms. The third-order valence-electron chi connectivity index (χ3n) is 3.34. The molecule has 0 amide bonds. The molecule has 1 aromatic heterocycles. The van der Waals surface area contributed by atoms with Gasteiger partial charge < -0.3 is 4.90 Å². The minimum atomic E-state index is -4.06. The molecule has 1 aliphatic heterocycles. The first-order valence-corrected chi connectivity index (χ1v) is 8.38. The van der Waals surface area contributed by atoms with E-state index >= 15 is 0 Å². The van der Waals surface area contributed by atoms with Gasteiger partial charge in [0, 0.05) is 18.9 Å². The predicted octanol–water partition coefficient (Wildman–Crippen LogP) is 3.78. The molecule has 0 spiro atoms. The zero-order valence-electron chi connectivity index (χ0n) is 11.3. The lowest BCUT2D eigenvalue weighted by atomic mass is 9.96. The summed E-state index contributed by atoms with van der Waals surface area (Å²) in [6.07, 6.45) is -2.42. The highest BCUT2D eigenvalue weighted by atomic mass is 32.2. The number of alkyl halides is 3. The van der Waals surface area contributed by atoms with Crippen LogP contribution in [-0.4, -0.2) is 45.7 Å². The molecule has 2 rings (SSSR count). The third kappa shape index (κ3) is 4.89. The van der Waals surface area contributed by atoms with Gasteiger partial charge in [-0.1, -0.05) is 0 Å². The lowest BCUT2D eigenvalue weighted by molar-refractivity contribution is -0.134. The van der Waals surface area contributed by atoms with Crippen molar-refractivity contribution in [3.05, 3.63) is 5.69 Å². The zero-order valence-corrected chi connectivity index (χ0v) is 13.0. The van der Waals surface area contributed by atoms with Gasteiger partial charge in [-0.25, -0.2) is 0 Å². The summed E-state index contributed by atoms with van der Waals surface area (Å²) < 4.78 is 44.9. The lowest BCUT2D eigenvalue weighted by Crippen LogP contribution is -2.31. The summed E-state index contributed by atoms with van der Waals surface area (Å²) in [6, 6.07) is 0. The summed E-state index contributed by atoms with van der Waals surface area (Å²) in [5, 5.41) is 0.831. The van der Waals surface area contributed by atoms with Crippen LogP contribution in [0.25, 0.3) is 0 Å². The van der Waals surface area contributed by atoms with Gasteiger partial charge in [0.05, 0.1) is 17.4 Å². The molecule has 0 bridgehead atoms. The van der Waals surface area contributed by atoms with E-state index in [0.29, 0.717) is 11.7 Å². The Hall–Kier alpha value is -0.340. The zero-order chi connectivity index (χ0) is 14.6. The average Bonchev–Trinajstić information content (AvgIpc) is 2.82. The molecule has 1 saturated heterocycles. The Labute approximate surface area is 125 Å². The summed E-state index contributed by atoms with van der Waals surface area (Å²) in [5.74, 6) is 0.818. The molecular formula is C12H18F3N3S2. The van der Waals surface area contributed by atoms with E-state index < -0.39 is 12.6 Å². The van der Waals surface area contributed by atoms with Crippen molar-refractivity contribution in [2.24, 2.45) is 0 Å². The first-order chi connectivity index (χ1) is 9.46. The molecule has 114 valence electrons. The van der Waals surface area contributed by atoms with E-state index in [9.17, 15) is 13.2 Å². The average molecular weight is 325 g/mol. The molecule has 0 N–H and O–H groups in total. The predicted molar refractivity (Wildman–Crippen MR) is 75.4 cm³/mol. The van der Waals surface area contributed by atoms with E-state index in [1.165, 1.54) is 11.8 Å². The third-order valence-corrected chi connectivity index (χ3v) is 5.06. The molecule has 0 saturated carbocycles. The molecular weight excluding hydrogens is 307 g/mol. The monoisotopic (exact) mass is 325 g/mol. The lowest BCUT2D eigenvalue weighted by Gasteiger charge is -2.28. The van der Waals surface area contributed by atoms with E-state index in [2.05, 4.69) is 20.7 Å². The molecule has 1 unspecified atom stereocenters. The number of aromatic nitrogens is 2. The van der Waals surface area contributed by atoms with Crippen LogP contribution >= 0.6 is 23.5 Å². The highest BCUT2D eigenvalue weighted by molar-refractivity contribution is 7.99. The maximum absolute atomic E-state index is 12.1. The van der Waals surface area contributed by atoms with Crippen molar-refractivity contribution in [3.8, 4) is 0 Å². The number of likely N-dealkylation sites (tertiary alicyclic amines) is 1. The van der Waals surface area contributed by atoms with Crippen LogP contribution < -0.4 is 0 Å². The first-order valence-electron chi connectivity index (χ1n) is 6.66. The minimum absolute atomic E-state index is 0.135. The highest BCUT2D eigenvalue weighted by Crippen LogP contribution is 2.33. The molecule has 0 radical (unpaired) electrons. The Morgan fingerprint density at radius 2 is 2.20 bits per heavy atom. The van der Waals surface area contributed by atoms with Crippen molar-refractivity contribution in [2.45, 2.75) is 42.8 Å². The molecule has 1 aromatic rings. The number of piperidine rings is 1. The van der Waals surface area contributed by atoms with Gasteiger partial charge in [0.15, 0.2) is 0 Å². The van der Waals surface area contributed by atoms with Gasteiger partial charge in [-0.3, -0.25) is 0 Å². The van der Waals surface area contributed by atoms with Crippen LogP contribution in [-0.2, 0) is 0 Å².